The van der Waals surface area contributed by atoms with E-state index in [-0.39, 0.29) is 137 Å². The Kier molecular flexibility index (Phi) is 32.1. The number of nitriles is 1. The summed E-state index contributed by atoms with van der Waals surface area (Å²) in [6.45, 7) is 7.28. The van der Waals surface area contributed by atoms with Gasteiger partial charge in [-0.15, -0.1) is 11.8 Å². The minimum absolute atomic E-state index is 0. The van der Waals surface area contributed by atoms with Gasteiger partial charge in [-0.2, -0.15) is 25.2 Å². The summed E-state index contributed by atoms with van der Waals surface area (Å²) in [6.07, 6.45) is 8.21. The Balaban J connectivity index is 0.000000160. The monoisotopic (exact) mass is 1810 g/mol. The molecule has 0 saturated carbocycles. The summed E-state index contributed by atoms with van der Waals surface area (Å²) < 4.78 is 136. The zero-order valence-electron chi connectivity index (χ0n) is 66.6. The Labute approximate surface area is 713 Å². The number of ether oxygens (including phenoxy) is 6. The van der Waals surface area contributed by atoms with Crippen LogP contribution in [0.2, 0.25) is 0 Å². The Morgan fingerprint density at radius 3 is 0.960 bits per heavy atom. The van der Waals surface area contributed by atoms with Crippen molar-refractivity contribution in [3.05, 3.63) is 191 Å². The third-order valence-electron chi connectivity index (χ3n) is 19.2. The van der Waals surface area contributed by atoms with E-state index in [0.717, 1.165) is 49.8 Å². The predicted molar refractivity (Wildman–Crippen MR) is 460 cm³/mol. The van der Waals surface area contributed by atoms with Crippen LogP contribution in [0.3, 0.4) is 0 Å². The first-order valence-electron chi connectivity index (χ1n) is 38.0. The molecule has 4 fully saturated rings. The number of hydrogen-bond acceptors (Lipinski definition) is 36. The smallest absolute Gasteiger partial charge is 0.356 e. The van der Waals surface area contributed by atoms with Crippen molar-refractivity contribution in [2.24, 2.45) is 0 Å². The zero-order chi connectivity index (χ0) is 86.3. The first-order chi connectivity index (χ1) is 58.7. The molecule has 124 heavy (non-hydrogen) atoms. The minimum Gasteiger partial charge on any atom is -0.496 e. The lowest BCUT2D eigenvalue weighted by atomic mass is 10.0. The highest BCUT2D eigenvalue weighted by Crippen LogP contribution is 2.59. The Morgan fingerprint density at radius 1 is 0.435 bits per heavy atom. The SMILES string of the molecule is C.C.COc1ccc(C2CCOP(=O)(COCCn3cnc4c(=O)[nH]c(N)nc43)O2)cc1C.COc1ccc(C2CCOP(=O)(COCCn3cnc4c(=O)[nH]c(N)nc43)O2)cc1C.CSc1ccc(C2CCOP(=O)(COCCn3cnc4c(=O)[nH]c(N)nc43)O2)cc1.N#Cc1ccc(C2CCOP(=O)(COCCn3cnc4c(=O)[nH]c(N)nc43)O2)cc1. The number of aromatic amines is 4. The van der Waals surface area contributed by atoms with Gasteiger partial charge in [-0.3, -0.25) is 75.5 Å². The van der Waals surface area contributed by atoms with Crippen LogP contribution in [0.5, 0.6) is 11.5 Å². The number of benzene rings is 4. The van der Waals surface area contributed by atoms with Crippen LogP contribution in [0.1, 0.15) is 104 Å². The van der Waals surface area contributed by atoms with E-state index in [1.54, 1.807) is 68.5 Å². The zero-order valence-corrected chi connectivity index (χ0v) is 71.0. The Morgan fingerprint density at radius 2 is 0.702 bits per heavy atom. The Bertz CT molecular complexity index is 6010. The van der Waals surface area contributed by atoms with E-state index in [0.29, 0.717) is 99.8 Å². The van der Waals surface area contributed by atoms with Gasteiger partial charge in [-0.1, -0.05) is 51.3 Å². The molecule has 8 unspecified atom stereocenters. The van der Waals surface area contributed by atoms with E-state index in [4.69, 9.17) is 92.8 Å². The van der Waals surface area contributed by atoms with Crippen molar-refractivity contribution >= 4 is 111 Å². The largest absolute Gasteiger partial charge is 0.496 e. The molecule has 4 aliphatic heterocycles. The van der Waals surface area contributed by atoms with Gasteiger partial charge < -0.3 is 87.7 Å². The van der Waals surface area contributed by atoms with Crippen molar-refractivity contribution in [2.45, 2.75) is 110 Å². The fourth-order valence-electron chi connectivity index (χ4n) is 13.2. The normalized spacial score (nSPS) is 21.2. The summed E-state index contributed by atoms with van der Waals surface area (Å²) in [5.74, 6) is 1.60. The van der Waals surface area contributed by atoms with Gasteiger partial charge in [0.15, 0.2) is 44.7 Å². The molecule has 12 aromatic rings. The number of rotatable bonds is 27. The lowest BCUT2D eigenvalue weighted by Gasteiger charge is -2.30. The summed E-state index contributed by atoms with van der Waals surface area (Å²) in [7, 11) is -10.4. The molecule has 664 valence electrons. The number of aromatic nitrogens is 16. The summed E-state index contributed by atoms with van der Waals surface area (Å²) in [5.41, 5.74) is 29.0. The van der Waals surface area contributed by atoms with Crippen LogP contribution in [0.15, 0.2) is 134 Å². The molecule has 0 radical (unpaired) electrons. The van der Waals surface area contributed by atoms with Gasteiger partial charge in [0.05, 0.1) is 128 Å². The average Bonchev–Trinajstić information content (AvgIpc) is 1.54. The highest BCUT2D eigenvalue weighted by Gasteiger charge is 2.39. The van der Waals surface area contributed by atoms with Gasteiger partial charge in [0.25, 0.3) is 22.2 Å². The Hall–Kier alpha value is -10.6. The van der Waals surface area contributed by atoms with Crippen molar-refractivity contribution in [1.29, 1.82) is 5.26 Å². The van der Waals surface area contributed by atoms with Crippen LogP contribution in [0, 0.1) is 25.2 Å². The fourth-order valence-corrected chi connectivity index (χ4v) is 19.8. The summed E-state index contributed by atoms with van der Waals surface area (Å²) >= 11 is 1.66. The van der Waals surface area contributed by atoms with E-state index < -0.39 is 58.7 Å². The van der Waals surface area contributed by atoms with Gasteiger partial charge >= 0.3 is 30.4 Å². The van der Waals surface area contributed by atoms with Gasteiger partial charge in [0.1, 0.15) is 36.9 Å². The third kappa shape index (κ3) is 23.7. The summed E-state index contributed by atoms with van der Waals surface area (Å²) in [4.78, 5) is 90.5. The molecular formula is C76H97N21O22P4S. The van der Waals surface area contributed by atoms with Crippen molar-refractivity contribution in [3.8, 4) is 17.6 Å². The lowest BCUT2D eigenvalue weighted by Crippen LogP contribution is -2.17. The van der Waals surface area contributed by atoms with Gasteiger partial charge in [0, 0.05) is 56.8 Å². The predicted octanol–water partition coefficient (Wildman–Crippen LogP) is 10.7. The van der Waals surface area contributed by atoms with Gasteiger partial charge in [-0.25, -0.2) is 19.9 Å². The number of imidazole rings is 4. The molecule has 4 aromatic carbocycles. The number of nitrogens with one attached hydrogen (secondary N) is 4. The molecule has 4 aliphatic rings. The van der Waals surface area contributed by atoms with Crippen LogP contribution in [-0.2, 0) is 99.6 Å². The third-order valence-corrected chi connectivity index (χ3v) is 26.5. The van der Waals surface area contributed by atoms with Crippen LogP contribution in [-0.4, -0.2) is 177 Å². The molecule has 0 aliphatic carbocycles. The van der Waals surface area contributed by atoms with Crippen LogP contribution in [0.4, 0.5) is 23.8 Å². The molecule has 8 atom stereocenters. The molecule has 12 heterocycles. The molecular weight excluding hydrogens is 1710 g/mol. The van der Waals surface area contributed by atoms with E-state index in [1.807, 2.05) is 80.8 Å². The first kappa shape index (κ1) is 94.0. The van der Waals surface area contributed by atoms with E-state index in [1.165, 1.54) is 25.3 Å². The molecule has 0 amide bonds. The number of H-pyrrole nitrogens is 4. The first-order valence-corrected chi connectivity index (χ1v) is 46.1. The molecule has 16 rings (SSSR count). The standard InChI is InChI=1S/2C19H24N5O6P.C18H19N6O5P.C18H22N5O5PS.2CH4/c2*1-12-9-13(3-4-14(12)27-2)15-5-7-29-31(26,30-15)11-28-8-6-24-10-21-16-17(24)22-19(20)23-18(16)25;19-9-12-1-3-13(4-2-12)14-5-7-28-30(26,29-14)11-27-8-6-24-10-21-15-16(24)22-18(20)23-17(15)25;1-30-13-4-2-12(3-5-13)14-6-8-27-29(25,28-14)11-26-9-7-23-10-20-15-16(23)21-18(19)22-17(15)24;;/h2*3-4,9-10,15H,5-8,11H2,1-2H3,(H3,20,22,23,25);1-4,10,14H,5-8,11H2,(H3,20,22,23,25);2-5,10,14H,6-9,11H2,1H3,(H3,19,21,22,24);2*1H4. The van der Waals surface area contributed by atoms with E-state index in [9.17, 15) is 37.4 Å². The number of thioether (sulfide) groups is 1. The van der Waals surface area contributed by atoms with Crippen LogP contribution >= 0.6 is 42.1 Å². The van der Waals surface area contributed by atoms with Crippen molar-refractivity contribution in [2.75, 3.05) is 122 Å². The van der Waals surface area contributed by atoms with Gasteiger partial charge in [0.2, 0.25) is 23.8 Å². The highest BCUT2D eigenvalue weighted by atomic mass is 32.2. The number of fused-ring (bicyclic) bond motifs is 4. The summed E-state index contributed by atoms with van der Waals surface area (Å²) in [5, 5.41) is 8.90. The molecule has 12 N–H and O–H groups in total. The lowest BCUT2D eigenvalue weighted by molar-refractivity contribution is 0.0559. The maximum atomic E-state index is 13.0. The topological polar surface area (TPSA) is 580 Å². The molecule has 8 aromatic heterocycles. The number of anilines is 4. The second kappa shape index (κ2) is 42.4. The number of hydrogen-bond donors (Lipinski definition) is 8. The molecule has 0 bridgehead atoms. The fraction of sp³-hybridized carbons (Fsp3) is 0.408. The maximum absolute atomic E-state index is 13.0. The summed E-state index contributed by atoms with van der Waals surface area (Å²) in [6, 6.07) is 28.5. The second-order valence-electron chi connectivity index (χ2n) is 27.7. The number of methoxy groups -OCH3 is 2. The van der Waals surface area contributed by atoms with Crippen molar-refractivity contribution in [1.82, 2.24) is 78.1 Å². The minimum atomic E-state index is -3.43. The molecule has 0 spiro atoms. The highest BCUT2D eigenvalue weighted by molar-refractivity contribution is 7.98. The second-order valence-corrected chi connectivity index (χ2v) is 36.3. The molecule has 4 saturated heterocycles. The van der Waals surface area contributed by atoms with Crippen molar-refractivity contribution in [3.63, 3.8) is 0 Å². The van der Waals surface area contributed by atoms with Crippen LogP contribution < -0.4 is 54.6 Å². The number of nitrogens with two attached hydrogens (primary N) is 4. The molecule has 43 nitrogen and oxygen atoms in total. The average molecular weight is 1810 g/mol. The molecule has 48 heteroatoms. The van der Waals surface area contributed by atoms with Crippen molar-refractivity contribution < 1.29 is 82.9 Å². The number of aryl methyl sites for hydroxylation is 2. The van der Waals surface area contributed by atoms with E-state index in [2.05, 4.69) is 65.9 Å². The number of nitrogens with zero attached hydrogens (tertiary/aromatic N) is 13. The van der Waals surface area contributed by atoms with Crippen LogP contribution in [0.25, 0.3) is 44.7 Å². The quantitative estimate of drug-likeness (QED) is 0.0135. The number of nitrogen functional groups attached to an aromatic ring is 4. The maximum Gasteiger partial charge on any atom is 0.356 e. The van der Waals surface area contributed by atoms with E-state index >= 15 is 0 Å². The van der Waals surface area contributed by atoms with Gasteiger partial charge in [-0.05, 0) is 102 Å².